The van der Waals surface area contributed by atoms with Crippen LogP contribution in [0.1, 0.15) is 23.6 Å². The highest BCUT2D eigenvalue weighted by Crippen LogP contribution is 2.33. The van der Waals surface area contributed by atoms with Gasteiger partial charge in [-0.1, -0.05) is 36.4 Å². The zero-order valence-corrected chi connectivity index (χ0v) is 16.9. The molecule has 1 fully saturated rings. The minimum absolute atomic E-state index is 0.0209. The Balaban J connectivity index is 1.65. The van der Waals surface area contributed by atoms with Gasteiger partial charge in [-0.3, -0.25) is 9.59 Å². The average Bonchev–Trinajstić information content (AvgIpc) is 3.10. The van der Waals surface area contributed by atoms with Gasteiger partial charge in [0.1, 0.15) is 6.04 Å². The van der Waals surface area contributed by atoms with Gasteiger partial charge in [-0.2, -0.15) is 13.2 Å². The van der Waals surface area contributed by atoms with Crippen LogP contribution in [-0.2, 0) is 15.8 Å². The molecular weight excluding hydrogens is 395 g/mol. The number of carbonyl (C=O) groups is 2. The van der Waals surface area contributed by atoms with Gasteiger partial charge in [0.25, 0.3) is 0 Å². The summed E-state index contributed by atoms with van der Waals surface area (Å²) in [7, 11) is 4.00. The largest absolute Gasteiger partial charge is 0.416 e. The molecule has 0 aliphatic carbocycles. The van der Waals surface area contributed by atoms with Gasteiger partial charge in [-0.15, -0.1) is 0 Å². The number of carbonyl (C=O) groups excluding carboxylic acids is 2. The molecule has 30 heavy (non-hydrogen) atoms. The van der Waals surface area contributed by atoms with E-state index in [4.69, 9.17) is 0 Å². The quantitative estimate of drug-likeness (QED) is 0.752. The van der Waals surface area contributed by atoms with Gasteiger partial charge in [0.05, 0.1) is 32.1 Å². The smallest absolute Gasteiger partial charge is 0.349 e. The molecule has 2 N–H and O–H groups in total. The van der Waals surface area contributed by atoms with Crippen LogP contribution in [0.3, 0.4) is 0 Å². The van der Waals surface area contributed by atoms with Crippen LogP contribution < -0.4 is 15.1 Å². The molecule has 5 nitrogen and oxygen atoms in total. The molecule has 1 heterocycles. The van der Waals surface area contributed by atoms with E-state index in [-0.39, 0.29) is 36.5 Å². The van der Waals surface area contributed by atoms with Crippen molar-refractivity contribution >= 4 is 17.5 Å². The molecule has 2 aromatic carbocycles. The van der Waals surface area contributed by atoms with Crippen molar-refractivity contribution in [3.63, 3.8) is 0 Å². The summed E-state index contributed by atoms with van der Waals surface area (Å²) in [6.07, 6.45) is -4.51. The third-order valence-corrected chi connectivity index (χ3v) is 5.36. The van der Waals surface area contributed by atoms with Gasteiger partial charge in [-0.05, 0) is 18.2 Å². The first kappa shape index (κ1) is 21.8. The van der Waals surface area contributed by atoms with Crippen LogP contribution in [0, 0.1) is 5.92 Å². The lowest BCUT2D eigenvalue weighted by atomic mass is 10.0. The lowest BCUT2D eigenvalue weighted by molar-refractivity contribution is -0.890. The number of amides is 2. The Morgan fingerprint density at radius 2 is 1.87 bits per heavy atom. The Hall–Kier alpha value is -2.87. The molecule has 1 aliphatic rings. The van der Waals surface area contributed by atoms with Crippen molar-refractivity contribution in [1.82, 2.24) is 5.32 Å². The van der Waals surface area contributed by atoms with Gasteiger partial charge in [0.2, 0.25) is 11.8 Å². The van der Waals surface area contributed by atoms with Gasteiger partial charge < -0.3 is 15.1 Å². The zero-order chi connectivity index (χ0) is 21.9. The van der Waals surface area contributed by atoms with Gasteiger partial charge in [-0.25, -0.2) is 0 Å². The second-order valence-electron chi connectivity index (χ2n) is 7.74. The second kappa shape index (κ2) is 8.87. The van der Waals surface area contributed by atoms with Crippen molar-refractivity contribution < 1.29 is 27.7 Å². The van der Waals surface area contributed by atoms with E-state index in [1.54, 1.807) is 0 Å². The fraction of sp³-hybridized carbons (Fsp3) is 0.364. The highest BCUT2D eigenvalue weighted by atomic mass is 19.4. The first-order valence-electron chi connectivity index (χ1n) is 9.77. The standard InChI is InChI=1S/C22H24F3N3O2/c1-27(2)19(15-7-4-3-5-8-15)13-26-21(30)16-11-20(29)28(14-16)18-10-6-9-17(12-18)22(23,24)25/h3-10,12,16,19H,11,13-14H2,1-2H3,(H,26,30)/p+1/t16-,19-/m1/s1. The van der Waals surface area contributed by atoms with E-state index in [1.165, 1.54) is 17.0 Å². The molecule has 0 unspecified atom stereocenters. The molecule has 0 aromatic heterocycles. The van der Waals surface area contributed by atoms with E-state index < -0.39 is 17.7 Å². The maximum Gasteiger partial charge on any atom is 0.416 e. The number of nitrogens with one attached hydrogen (secondary N) is 2. The maximum absolute atomic E-state index is 13.0. The van der Waals surface area contributed by atoms with Crippen LogP contribution in [0.25, 0.3) is 0 Å². The van der Waals surface area contributed by atoms with Crippen molar-refractivity contribution in [2.24, 2.45) is 5.92 Å². The normalized spacial score (nSPS) is 18.0. The fourth-order valence-electron chi connectivity index (χ4n) is 3.67. The minimum Gasteiger partial charge on any atom is -0.349 e. The predicted molar refractivity (Wildman–Crippen MR) is 107 cm³/mol. The number of alkyl halides is 3. The molecule has 0 bridgehead atoms. The third kappa shape index (κ3) is 4.99. The number of halogens is 3. The lowest BCUT2D eigenvalue weighted by Gasteiger charge is -2.23. The molecule has 1 saturated heterocycles. The van der Waals surface area contributed by atoms with Crippen molar-refractivity contribution in [3.8, 4) is 0 Å². The van der Waals surface area contributed by atoms with Crippen LogP contribution in [0.15, 0.2) is 54.6 Å². The molecule has 3 rings (SSSR count). The monoisotopic (exact) mass is 420 g/mol. The van der Waals surface area contributed by atoms with Gasteiger partial charge in [0.15, 0.2) is 0 Å². The Kier molecular flexibility index (Phi) is 6.45. The summed E-state index contributed by atoms with van der Waals surface area (Å²) in [6, 6.07) is 14.5. The second-order valence-corrected chi connectivity index (χ2v) is 7.74. The Bertz CT molecular complexity index is 900. The minimum atomic E-state index is -4.49. The number of nitrogens with zero attached hydrogens (tertiary/aromatic N) is 1. The van der Waals surface area contributed by atoms with Crippen LogP contribution in [0.2, 0.25) is 0 Å². The molecule has 1 aliphatic heterocycles. The average molecular weight is 420 g/mol. The Labute approximate surface area is 173 Å². The van der Waals surface area contributed by atoms with Gasteiger partial charge in [0, 0.05) is 24.2 Å². The third-order valence-electron chi connectivity index (χ3n) is 5.36. The molecule has 2 amide bonds. The van der Waals surface area contributed by atoms with Crippen LogP contribution >= 0.6 is 0 Å². The molecule has 160 valence electrons. The summed E-state index contributed by atoms with van der Waals surface area (Å²) < 4.78 is 38.9. The first-order valence-corrected chi connectivity index (χ1v) is 9.77. The van der Waals surface area contributed by atoms with E-state index >= 15 is 0 Å². The SMILES string of the molecule is C[NH+](C)[C@H](CNC(=O)[C@@H]1CC(=O)N(c2cccc(C(F)(F)F)c2)C1)c1ccccc1. The highest BCUT2D eigenvalue weighted by Gasteiger charge is 2.37. The lowest BCUT2D eigenvalue weighted by Crippen LogP contribution is -3.07. The number of likely N-dealkylation sites (N-methyl/N-ethyl adjacent to an activating group) is 1. The van der Waals surface area contributed by atoms with Crippen LogP contribution in [0.5, 0.6) is 0 Å². The molecule has 2 aromatic rings. The van der Waals surface area contributed by atoms with E-state index in [0.29, 0.717) is 6.54 Å². The predicted octanol–water partition coefficient (Wildman–Crippen LogP) is 2.06. The maximum atomic E-state index is 13.0. The van der Waals surface area contributed by atoms with Gasteiger partial charge >= 0.3 is 6.18 Å². The number of benzene rings is 2. The number of hydrogen-bond acceptors (Lipinski definition) is 2. The van der Waals surface area contributed by atoms with Crippen molar-refractivity contribution in [2.45, 2.75) is 18.6 Å². The van der Waals surface area contributed by atoms with Crippen LogP contribution in [-0.4, -0.2) is 39.0 Å². The number of rotatable bonds is 6. The number of quaternary nitrogens is 1. The van der Waals surface area contributed by atoms with Crippen LogP contribution in [0.4, 0.5) is 18.9 Å². The molecule has 0 saturated carbocycles. The van der Waals surface area contributed by atoms with E-state index in [9.17, 15) is 22.8 Å². The van der Waals surface area contributed by atoms with E-state index in [2.05, 4.69) is 5.32 Å². The van der Waals surface area contributed by atoms with Crippen molar-refractivity contribution in [2.75, 3.05) is 32.1 Å². The highest BCUT2D eigenvalue weighted by molar-refractivity contribution is 6.00. The summed E-state index contributed by atoms with van der Waals surface area (Å²) in [5, 5.41) is 2.91. The molecule has 8 heteroatoms. The molecule has 2 atom stereocenters. The van der Waals surface area contributed by atoms with E-state index in [0.717, 1.165) is 22.6 Å². The Morgan fingerprint density at radius 1 is 1.17 bits per heavy atom. The topological polar surface area (TPSA) is 53.9 Å². The molecular formula is C22H25F3N3O2+. The number of hydrogen-bond donors (Lipinski definition) is 2. The zero-order valence-electron chi connectivity index (χ0n) is 16.9. The Morgan fingerprint density at radius 3 is 2.50 bits per heavy atom. The first-order chi connectivity index (χ1) is 14.2. The molecule has 0 radical (unpaired) electrons. The van der Waals surface area contributed by atoms with Crippen molar-refractivity contribution in [3.05, 3.63) is 65.7 Å². The molecule has 0 spiro atoms. The summed E-state index contributed by atoms with van der Waals surface area (Å²) in [6.45, 7) is 0.468. The summed E-state index contributed by atoms with van der Waals surface area (Å²) in [5.41, 5.74) is 0.427. The number of anilines is 1. The summed E-state index contributed by atoms with van der Waals surface area (Å²) in [5.74, 6) is -1.21. The van der Waals surface area contributed by atoms with Crippen molar-refractivity contribution in [1.29, 1.82) is 0 Å². The summed E-state index contributed by atoms with van der Waals surface area (Å²) >= 11 is 0. The van der Waals surface area contributed by atoms with E-state index in [1.807, 2.05) is 44.4 Å². The summed E-state index contributed by atoms with van der Waals surface area (Å²) in [4.78, 5) is 27.5. The fourth-order valence-corrected chi connectivity index (χ4v) is 3.67.